The molecule has 0 saturated carbocycles. The third-order valence-electron chi connectivity index (χ3n) is 1.27. The maximum atomic E-state index is 10.5. The van der Waals surface area contributed by atoms with Crippen LogP contribution in [0.5, 0.6) is 0 Å². The predicted molar refractivity (Wildman–Crippen MR) is 91.3 cm³/mol. The van der Waals surface area contributed by atoms with E-state index < -0.39 is 120 Å². The van der Waals surface area contributed by atoms with Crippen LogP contribution in [0.15, 0.2) is 12.1 Å². The zero-order chi connectivity index (χ0) is 45.8. The first-order chi connectivity index (χ1) is 23.2. The first kappa shape index (κ1) is 2.76. The number of rotatable bonds is 16. The van der Waals surface area contributed by atoms with Gasteiger partial charge in [-0.1, -0.05) is 82.7 Å². The molecule has 0 heterocycles. The van der Waals surface area contributed by atoms with Gasteiger partial charge in [-0.2, -0.15) is 0 Å². The zero-order valence-electron chi connectivity index (χ0n) is 44.4. The van der Waals surface area contributed by atoms with Crippen molar-refractivity contribution >= 4 is 0 Å². The second-order valence-electron chi connectivity index (χ2n) is 2.58. The highest BCUT2D eigenvalue weighted by Crippen LogP contribution is 2.12. The highest BCUT2D eigenvalue weighted by molar-refractivity contribution is 4.93. The minimum atomic E-state index is -5.15. The summed E-state index contributed by atoms with van der Waals surface area (Å²) in [6.45, 7) is -7.35. The lowest BCUT2D eigenvalue weighted by molar-refractivity contribution is 0.144. The van der Waals surface area contributed by atoms with Gasteiger partial charge in [-0.3, -0.25) is 0 Å². The van der Waals surface area contributed by atoms with E-state index in [-0.39, 0.29) is 0 Å². The van der Waals surface area contributed by atoms with Crippen LogP contribution in [0.3, 0.4) is 0 Å². The Morgan fingerprint density at radius 1 is 1.14 bits per heavy atom. The molecule has 3 nitrogen and oxygen atoms in total. The molecule has 0 aromatic carbocycles. The highest BCUT2D eigenvalue weighted by Gasteiger charge is 2.08. The summed E-state index contributed by atoms with van der Waals surface area (Å²) in [6.07, 6.45) is -63.1. The molecule has 4 N–H and O–H groups in total. The molecule has 0 aliphatic rings. The Morgan fingerprint density at radius 3 is 2.24 bits per heavy atom. The molecule has 21 heavy (non-hydrogen) atoms. The minimum absolute atomic E-state index is 1.23. The van der Waals surface area contributed by atoms with Crippen molar-refractivity contribution in [3.05, 3.63) is 12.1 Å². The number of hydrogen-bond acceptors (Lipinski definition) is 3. The summed E-state index contributed by atoms with van der Waals surface area (Å²) in [5.74, 6) is 0. The van der Waals surface area contributed by atoms with E-state index in [1.165, 1.54) is 0 Å². The second kappa shape index (κ2) is 16.0. The van der Waals surface area contributed by atoms with Gasteiger partial charge in [0.15, 0.2) is 0 Å². The van der Waals surface area contributed by atoms with Crippen molar-refractivity contribution in [1.29, 1.82) is 0 Å². The molecule has 0 unspecified atom stereocenters. The Hall–Kier alpha value is -0.380. The van der Waals surface area contributed by atoms with Crippen LogP contribution in [0, 0.1) is 0 Å². The lowest BCUT2D eigenvalue weighted by Crippen LogP contribution is -2.36. The van der Waals surface area contributed by atoms with Crippen LogP contribution in [0.2, 0.25) is 2.82 Å². The zero-order valence-corrected chi connectivity index (χ0v) is 10.4. The Kier molecular flexibility index (Phi) is 2.10. The summed E-state index contributed by atoms with van der Waals surface area (Å²) < 4.78 is 268. The van der Waals surface area contributed by atoms with Gasteiger partial charge in [0.25, 0.3) is 0 Å². The Bertz CT molecular complexity index is 1440. The van der Waals surface area contributed by atoms with Gasteiger partial charge in [0.05, 0.1) is 26.9 Å². The van der Waals surface area contributed by atoms with Crippen molar-refractivity contribution in [1.82, 2.24) is 0 Å². The predicted octanol–water partition coefficient (Wildman–Crippen LogP) is 3.92. The van der Waals surface area contributed by atoms with Crippen molar-refractivity contribution in [3.63, 3.8) is 0 Å². The molecule has 0 aliphatic heterocycles. The lowest BCUT2D eigenvalue weighted by Gasteiger charge is -2.11. The molecule has 3 heteroatoms. The number of nitrogens with two attached hydrogens (primary N) is 1. The summed E-state index contributed by atoms with van der Waals surface area (Å²) >= 11 is 0. The maximum absolute atomic E-state index is 10.5. The third-order valence-corrected chi connectivity index (χ3v) is 1.27. The molecule has 2 atom stereocenters. The van der Waals surface area contributed by atoms with Gasteiger partial charge in [-0.05, 0) is 12.7 Å². The maximum Gasteiger partial charge on any atom is 0.119 e. The quantitative estimate of drug-likeness (QED) is 0.375. The molecule has 0 saturated heterocycles. The van der Waals surface area contributed by atoms with Crippen molar-refractivity contribution in [3.8, 4) is 0 Å². The van der Waals surface area contributed by atoms with Crippen LogP contribution in [-0.2, 0) is 0 Å². The summed E-state index contributed by atoms with van der Waals surface area (Å²) in [7, 11) is 0. The topological polar surface area (TPSA) is 66.5 Å². The molecule has 0 aromatic heterocycles. The summed E-state index contributed by atoms with van der Waals surface area (Å²) in [5.41, 5.74) is -1.23. The first-order valence-electron chi connectivity index (χ1n) is 22.0. The van der Waals surface area contributed by atoms with Crippen molar-refractivity contribution in [2.45, 2.75) is 95.4 Å². The standard InChI is InChI=1S/C18H37NO2/c1-2-3-4-5-6-7-8-9-10-11-12-13-14-15-18(21)17(19)16-20/h14-15,17-18,20-21H,2-13,16,19H2,1H3/b15-14+/t17-,18+/m0/s1/i1D2,2D2,3D2,4D2,5D2,6D2,7D2,8D2,9D2,10D2,11D2,12D2,13D2,14D,15D,16D2,17D,18D/hD2. The monoisotopic (exact) mass is 333 g/mol. The Labute approximate surface area is 179 Å². The summed E-state index contributed by atoms with van der Waals surface area (Å²) in [4.78, 5) is 0. The Morgan fingerprint density at radius 2 is 1.71 bits per heavy atom. The van der Waals surface area contributed by atoms with E-state index in [9.17, 15) is 10.2 Å². The fourth-order valence-electron chi connectivity index (χ4n) is 0.551. The lowest BCUT2D eigenvalue weighted by atomic mass is 10.0. The van der Waals surface area contributed by atoms with Crippen molar-refractivity contribution in [2.75, 3.05) is 6.56 Å². The van der Waals surface area contributed by atoms with Crippen LogP contribution >= 0.6 is 0 Å². The smallest absolute Gasteiger partial charge is 0.119 e. The molecule has 0 rings (SSSR count). The number of aliphatic hydroxyl groups is 2. The van der Waals surface area contributed by atoms with Crippen LogP contribution < -0.4 is 5.72 Å². The fraction of sp³-hybridized carbons (Fsp3) is 0.889. The second-order valence-corrected chi connectivity index (χ2v) is 2.58. The van der Waals surface area contributed by atoms with Crippen LogP contribution in [-0.4, -0.2) is 28.9 Å². The van der Waals surface area contributed by atoms with Gasteiger partial charge in [0.1, 0.15) is 2.82 Å². The van der Waals surface area contributed by atoms with Crippen molar-refractivity contribution in [2.24, 2.45) is 5.72 Å². The summed E-state index contributed by atoms with van der Waals surface area (Å²) in [6, 6.07) is -9.45. The van der Waals surface area contributed by atoms with E-state index in [2.05, 4.69) is 0 Å². The van der Waals surface area contributed by atoms with Gasteiger partial charge in [-0.25, -0.2) is 0 Å². The fourth-order valence-corrected chi connectivity index (χ4v) is 0.551. The van der Waals surface area contributed by atoms with E-state index in [1.807, 2.05) is 0 Å². The van der Waals surface area contributed by atoms with Crippen LogP contribution in [0.25, 0.3) is 0 Å². The first-order valence-corrected chi connectivity index (χ1v) is 4.96. The third kappa shape index (κ3) is 14.3. The molecule has 126 valence electrons. The van der Waals surface area contributed by atoms with Crippen molar-refractivity contribution < 1.29 is 56.9 Å². The molecule has 0 aliphatic carbocycles. The highest BCUT2D eigenvalue weighted by atomic mass is 16.3. The van der Waals surface area contributed by atoms with Gasteiger partial charge in [0.2, 0.25) is 0 Å². The average molecular weight is 334 g/mol. The molecule has 0 spiro atoms. The molecule has 0 radical (unpaired) electrons. The molecule has 0 bridgehead atoms. The SMILES string of the molecule is [2H]/C(=C(/[2H])[C@@]([2H])(O)[C@@]([2H])(N([2H])[2H])C([2H])([2H])O)C([2H])([2H])C([2H])([2H])C([2H])([2H])C([2H])([2H])C([2H])([2H])C([2H])([2H])C([2H])([2H])C([2H])([2H])C([2H])([2H])C([2H])([2H])C([2H])([2H])C([2H])([2H])C([2H])[2H]. The molecular formula is C18H37NO2. The van der Waals surface area contributed by atoms with Gasteiger partial charge in [-0.15, -0.1) is 0 Å². The van der Waals surface area contributed by atoms with E-state index in [1.54, 1.807) is 0 Å². The van der Waals surface area contributed by atoms with Crippen LogP contribution in [0.4, 0.5) is 0 Å². The van der Waals surface area contributed by atoms with Gasteiger partial charge >= 0.3 is 0 Å². The van der Waals surface area contributed by atoms with E-state index in [0.717, 1.165) is 0 Å². The van der Waals surface area contributed by atoms with E-state index in [4.69, 9.17) is 46.7 Å². The number of allylic oxidation sites excluding steroid dienone is 1. The molecule has 0 amide bonds. The van der Waals surface area contributed by atoms with Crippen LogP contribution in [0.1, 0.15) is 127 Å². The van der Waals surface area contributed by atoms with E-state index in [0.29, 0.717) is 0 Å². The largest absolute Gasteiger partial charge is 0.395 e. The normalized spacial score (nSPS) is 51.6. The molecule has 0 fully saturated rings. The summed E-state index contributed by atoms with van der Waals surface area (Å²) in [5, 5.41) is 20.1. The average Bonchev–Trinajstić information content (AvgIpc) is 2.97. The molecule has 0 aromatic rings. The molecular weight excluding hydrogens is 262 g/mol. The van der Waals surface area contributed by atoms with E-state index >= 15 is 0 Å². The number of hydrogen-bond donors (Lipinski definition) is 3. The Balaban J connectivity index is 7.82. The van der Waals surface area contributed by atoms with Gasteiger partial charge in [0, 0.05) is 35.6 Å². The van der Waals surface area contributed by atoms with Gasteiger partial charge < -0.3 is 15.9 Å². The minimum Gasteiger partial charge on any atom is -0.395 e.